The van der Waals surface area contributed by atoms with Crippen LogP contribution in [0.4, 0.5) is 4.79 Å². The van der Waals surface area contributed by atoms with Crippen molar-refractivity contribution in [2.45, 2.75) is 12.5 Å². The first-order chi connectivity index (χ1) is 16.0. The lowest BCUT2D eigenvalue weighted by molar-refractivity contribution is -0.116. The van der Waals surface area contributed by atoms with Gasteiger partial charge < -0.3 is 20.5 Å². The summed E-state index contributed by atoms with van der Waals surface area (Å²) in [5.74, 6) is -1.45. The summed E-state index contributed by atoms with van der Waals surface area (Å²) in [4.78, 5) is 38.9. The Kier molecular flexibility index (Phi) is 6.80. The number of benzene rings is 2. The van der Waals surface area contributed by atoms with E-state index in [1.165, 1.54) is 18.3 Å². The van der Waals surface area contributed by atoms with Crippen molar-refractivity contribution in [3.8, 4) is 11.1 Å². The molecular weight excluding hydrogens is 442 g/mol. The molecule has 9 heteroatoms. The molecule has 33 heavy (non-hydrogen) atoms. The summed E-state index contributed by atoms with van der Waals surface area (Å²) in [7, 11) is 0. The first-order valence-electron chi connectivity index (χ1n) is 10.2. The van der Waals surface area contributed by atoms with Crippen LogP contribution in [0.15, 0.2) is 66.9 Å². The smallest absolute Gasteiger partial charge is 0.407 e. The zero-order valence-corrected chi connectivity index (χ0v) is 18.3. The third kappa shape index (κ3) is 5.27. The number of carboxylic acid groups (broad SMARTS) is 1. The Hall–Kier alpha value is -3.98. The molecule has 0 radical (unpaired) electrons. The van der Waals surface area contributed by atoms with Gasteiger partial charge in [-0.2, -0.15) is 0 Å². The number of carbonyl (C=O) groups is 3. The van der Waals surface area contributed by atoms with E-state index in [4.69, 9.17) is 9.84 Å². The van der Waals surface area contributed by atoms with Gasteiger partial charge in [0, 0.05) is 18.5 Å². The van der Waals surface area contributed by atoms with Crippen molar-refractivity contribution in [2.24, 2.45) is 0 Å². The lowest BCUT2D eigenvalue weighted by Crippen LogP contribution is -2.26. The minimum absolute atomic E-state index is 0.0167. The fourth-order valence-corrected chi connectivity index (χ4v) is 4.37. The maximum Gasteiger partial charge on any atom is 0.407 e. The Labute approximate surface area is 193 Å². The molecular formula is C24H21N3O5S. The zero-order chi connectivity index (χ0) is 23.2. The average molecular weight is 464 g/mol. The molecule has 0 saturated heterocycles. The third-order valence-electron chi connectivity index (χ3n) is 5.16. The SMILES string of the molecule is O=C(/C=C/CNC(=O)OCC1c2ccccc2-c2ccccc21)NCc1ncc(C(=O)O)s1. The molecule has 3 aromatic rings. The molecule has 0 unspecified atom stereocenters. The standard InChI is InChI=1S/C24H21N3O5S/c28-21(26-13-22-27-12-20(33-22)23(29)30)10-5-11-25-24(31)32-14-19-17-8-3-1-6-15(17)16-7-2-4-9-18(16)19/h1-10,12,19H,11,13-14H2,(H,25,31)(H,26,28)(H,29,30)/b10-5+. The van der Waals surface area contributed by atoms with Crippen LogP contribution in [-0.2, 0) is 16.1 Å². The second-order valence-corrected chi connectivity index (χ2v) is 8.37. The number of hydrogen-bond acceptors (Lipinski definition) is 6. The van der Waals surface area contributed by atoms with E-state index in [1.807, 2.05) is 24.3 Å². The number of thiazole rings is 1. The number of amides is 2. The highest BCUT2D eigenvalue weighted by Crippen LogP contribution is 2.44. The van der Waals surface area contributed by atoms with Gasteiger partial charge in [0.2, 0.25) is 5.91 Å². The van der Waals surface area contributed by atoms with Gasteiger partial charge in [-0.25, -0.2) is 14.6 Å². The topological polar surface area (TPSA) is 118 Å². The van der Waals surface area contributed by atoms with Gasteiger partial charge in [0.05, 0.1) is 12.7 Å². The number of ether oxygens (including phenoxy) is 1. The molecule has 0 bridgehead atoms. The second-order valence-electron chi connectivity index (χ2n) is 7.25. The largest absolute Gasteiger partial charge is 0.477 e. The van der Waals surface area contributed by atoms with Crippen LogP contribution in [0.3, 0.4) is 0 Å². The molecule has 168 valence electrons. The number of hydrogen-bond donors (Lipinski definition) is 3. The highest BCUT2D eigenvalue weighted by molar-refractivity contribution is 7.13. The molecule has 0 fully saturated rings. The minimum Gasteiger partial charge on any atom is -0.477 e. The van der Waals surface area contributed by atoms with Crippen LogP contribution in [0.1, 0.15) is 31.7 Å². The fourth-order valence-electron chi connectivity index (χ4n) is 3.67. The van der Waals surface area contributed by atoms with Gasteiger partial charge in [0.1, 0.15) is 16.5 Å². The molecule has 1 aromatic heterocycles. The van der Waals surface area contributed by atoms with E-state index < -0.39 is 12.1 Å². The number of carboxylic acids is 1. The quantitative estimate of drug-likeness (QED) is 0.440. The number of rotatable bonds is 8. The van der Waals surface area contributed by atoms with Crippen molar-refractivity contribution >= 4 is 29.3 Å². The predicted molar refractivity (Wildman–Crippen MR) is 123 cm³/mol. The molecule has 0 spiro atoms. The average Bonchev–Trinajstić information content (AvgIpc) is 3.42. The highest BCUT2D eigenvalue weighted by atomic mass is 32.1. The zero-order valence-electron chi connectivity index (χ0n) is 17.5. The molecule has 1 heterocycles. The normalized spacial score (nSPS) is 12.2. The lowest BCUT2D eigenvalue weighted by atomic mass is 9.98. The van der Waals surface area contributed by atoms with E-state index in [0.29, 0.717) is 5.01 Å². The fraction of sp³-hybridized carbons (Fsp3) is 0.167. The summed E-state index contributed by atoms with van der Waals surface area (Å²) in [6.45, 7) is 0.474. The van der Waals surface area contributed by atoms with E-state index in [9.17, 15) is 14.4 Å². The maximum atomic E-state index is 12.1. The summed E-state index contributed by atoms with van der Waals surface area (Å²) in [5, 5.41) is 14.6. The van der Waals surface area contributed by atoms with Gasteiger partial charge >= 0.3 is 12.1 Å². The molecule has 0 atom stereocenters. The monoisotopic (exact) mass is 463 g/mol. The van der Waals surface area contributed by atoms with Crippen LogP contribution in [0.2, 0.25) is 0 Å². The Balaban J connectivity index is 1.21. The number of nitrogens with one attached hydrogen (secondary N) is 2. The van der Waals surface area contributed by atoms with Crippen molar-refractivity contribution in [1.29, 1.82) is 0 Å². The number of alkyl carbamates (subject to hydrolysis) is 1. The van der Waals surface area contributed by atoms with Crippen LogP contribution in [0.25, 0.3) is 11.1 Å². The summed E-state index contributed by atoms with van der Waals surface area (Å²) in [6, 6.07) is 16.2. The molecule has 0 aliphatic heterocycles. The Morgan fingerprint density at radius 3 is 2.33 bits per heavy atom. The molecule has 3 N–H and O–H groups in total. The van der Waals surface area contributed by atoms with Crippen LogP contribution >= 0.6 is 11.3 Å². The number of carbonyl (C=O) groups excluding carboxylic acids is 2. The van der Waals surface area contributed by atoms with Gasteiger partial charge in [-0.1, -0.05) is 54.6 Å². The van der Waals surface area contributed by atoms with E-state index in [2.05, 4.69) is 39.9 Å². The maximum absolute atomic E-state index is 12.1. The third-order valence-corrected chi connectivity index (χ3v) is 6.14. The summed E-state index contributed by atoms with van der Waals surface area (Å²) < 4.78 is 5.43. The van der Waals surface area contributed by atoms with Gasteiger partial charge in [-0.15, -0.1) is 11.3 Å². The van der Waals surface area contributed by atoms with Crippen LogP contribution < -0.4 is 10.6 Å². The van der Waals surface area contributed by atoms with Gasteiger partial charge in [-0.05, 0) is 22.3 Å². The Morgan fingerprint density at radius 1 is 1.03 bits per heavy atom. The lowest BCUT2D eigenvalue weighted by Gasteiger charge is -2.14. The molecule has 8 nitrogen and oxygen atoms in total. The minimum atomic E-state index is -1.05. The molecule has 4 rings (SSSR count). The van der Waals surface area contributed by atoms with E-state index in [1.54, 1.807) is 0 Å². The molecule has 1 aliphatic carbocycles. The van der Waals surface area contributed by atoms with Gasteiger partial charge in [-0.3, -0.25) is 4.79 Å². The van der Waals surface area contributed by atoms with Crippen LogP contribution in [0.5, 0.6) is 0 Å². The Morgan fingerprint density at radius 2 is 1.70 bits per heavy atom. The summed E-state index contributed by atoms with van der Waals surface area (Å²) >= 11 is 1.000. The predicted octanol–water partition coefficient (Wildman–Crippen LogP) is 3.55. The summed E-state index contributed by atoms with van der Waals surface area (Å²) in [6.07, 6.45) is 3.48. The number of nitrogens with zero attached hydrogens (tertiary/aromatic N) is 1. The number of aromatic carboxylic acids is 1. The van der Waals surface area contributed by atoms with Gasteiger partial charge in [0.15, 0.2) is 0 Å². The second kappa shape index (κ2) is 10.1. The van der Waals surface area contributed by atoms with Crippen LogP contribution in [-0.4, -0.2) is 41.2 Å². The van der Waals surface area contributed by atoms with Gasteiger partial charge in [0.25, 0.3) is 0 Å². The first-order valence-corrected chi connectivity index (χ1v) is 11.1. The first kappa shape index (κ1) is 22.2. The summed E-state index contributed by atoms with van der Waals surface area (Å²) in [5.41, 5.74) is 4.60. The highest BCUT2D eigenvalue weighted by Gasteiger charge is 2.28. The van der Waals surface area contributed by atoms with Crippen molar-refractivity contribution in [3.05, 3.63) is 87.9 Å². The number of fused-ring (bicyclic) bond motifs is 3. The van der Waals surface area contributed by atoms with E-state index in [-0.39, 0.29) is 36.4 Å². The Bertz CT molecular complexity index is 1170. The number of aromatic nitrogens is 1. The van der Waals surface area contributed by atoms with Crippen molar-refractivity contribution in [3.63, 3.8) is 0 Å². The molecule has 0 saturated carbocycles. The van der Waals surface area contributed by atoms with Crippen LogP contribution in [0, 0.1) is 0 Å². The van der Waals surface area contributed by atoms with Crippen molar-refractivity contribution in [1.82, 2.24) is 15.6 Å². The van der Waals surface area contributed by atoms with Crippen molar-refractivity contribution in [2.75, 3.05) is 13.2 Å². The molecule has 2 amide bonds. The molecule has 2 aromatic carbocycles. The van der Waals surface area contributed by atoms with Crippen molar-refractivity contribution < 1.29 is 24.2 Å². The molecule has 1 aliphatic rings. The van der Waals surface area contributed by atoms with E-state index in [0.717, 1.165) is 33.6 Å². The van der Waals surface area contributed by atoms with E-state index >= 15 is 0 Å².